The van der Waals surface area contributed by atoms with E-state index in [0.29, 0.717) is 22.3 Å². The van der Waals surface area contributed by atoms with Gasteiger partial charge in [-0.25, -0.2) is 4.98 Å². The molecule has 1 amide bonds. The summed E-state index contributed by atoms with van der Waals surface area (Å²) in [5, 5.41) is 0.463. The maximum Gasteiger partial charge on any atom is 0.253 e. The topological polar surface area (TPSA) is 47.4 Å². The van der Waals surface area contributed by atoms with E-state index >= 15 is 0 Å². The average Bonchev–Trinajstić information content (AvgIpc) is 3.07. The number of rotatable bonds is 4. The number of piperidine rings is 1. The van der Waals surface area contributed by atoms with Crippen LogP contribution in [0, 0.1) is 5.92 Å². The molecule has 0 N–H and O–H groups in total. The molecular formula is C17H20ClN3O2. The Morgan fingerprint density at radius 2 is 2.35 bits per heavy atom. The molecule has 5 nitrogen and oxygen atoms in total. The molecule has 1 saturated heterocycles. The zero-order valence-electron chi connectivity index (χ0n) is 13.1. The number of amides is 1. The number of aromatic nitrogens is 2. The second-order valence-corrected chi connectivity index (χ2v) is 6.28. The number of benzene rings is 1. The SMILES string of the molecule is COc1ccc(C(=O)N2CCC[C@H](Cn3ccnc3)C2)cc1Cl. The number of imidazole rings is 1. The number of ether oxygens (including phenoxy) is 1. The van der Waals surface area contributed by atoms with Crippen LogP contribution < -0.4 is 4.74 Å². The molecule has 1 aliphatic heterocycles. The predicted molar refractivity (Wildman–Crippen MR) is 88.9 cm³/mol. The van der Waals surface area contributed by atoms with E-state index < -0.39 is 0 Å². The molecule has 3 rings (SSSR count). The van der Waals surface area contributed by atoms with Crippen LogP contribution in [-0.4, -0.2) is 40.6 Å². The van der Waals surface area contributed by atoms with E-state index in [4.69, 9.17) is 16.3 Å². The van der Waals surface area contributed by atoms with Gasteiger partial charge in [0.2, 0.25) is 0 Å². The maximum atomic E-state index is 12.7. The summed E-state index contributed by atoms with van der Waals surface area (Å²) in [7, 11) is 1.56. The van der Waals surface area contributed by atoms with Crippen molar-refractivity contribution in [3.8, 4) is 5.75 Å². The summed E-state index contributed by atoms with van der Waals surface area (Å²) >= 11 is 6.13. The van der Waals surface area contributed by atoms with Crippen LogP contribution in [0.2, 0.25) is 5.02 Å². The van der Waals surface area contributed by atoms with Crippen LogP contribution in [0.25, 0.3) is 0 Å². The number of likely N-dealkylation sites (tertiary alicyclic amines) is 1. The Kier molecular flexibility index (Phi) is 4.86. The largest absolute Gasteiger partial charge is 0.495 e. The van der Waals surface area contributed by atoms with Crippen molar-refractivity contribution in [2.24, 2.45) is 5.92 Å². The third-order valence-electron chi connectivity index (χ3n) is 4.23. The first-order valence-corrected chi connectivity index (χ1v) is 8.13. The van der Waals surface area contributed by atoms with Crippen LogP contribution in [0.4, 0.5) is 0 Å². The summed E-state index contributed by atoms with van der Waals surface area (Å²) < 4.78 is 7.21. The van der Waals surface area contributed by atoms with Gasteiger partial charge >= 0.3 is 0 Å². The van der Waals surface area contributed by atoms with Crippen molar-refractivity contribution >= 4 is 17.5 Å². The molecule has 0 unspecified atom stereocenters. The minimum Gasteiger partial charge on any atom is -0.495 e. The van der Waals surface area contributed by atoms with Gasteiger partial charge in [0.25, 0.3) is 5.91 Å². The smallest absolute Gasteiger partial charge is 0.253 e. The third kappa shape index (κ3) is 3.67. The lowest BCUT2D eigenvalue weighted by molar-refractivity contribution is 0.0662. The van der Waals surface area contributed by atoms with Gasteiger partial charge in [-0.05, 0) is 37.0 Å². The highest BCUT2D eigenvalue weighted by Gasteiger charge is 2.25. The molecule has 0 bridgehead atoms. The zero-order valence-corrected chi connectivity index (χ0v) is 13.9. The van der Waals surface area contributed by atoms with E-state index in [1.165, 1.54) is 0 Å². The van der Waals surface area contributed by atoms with Crippen molar-refractivity contribution in [2.75, 3.05) is 20.2 Å². The van der Waals surface area contributed by atoms with Gasteiger partial charge in [-0.2, -0.15) is 0 Å². The summed E-state index contributed by atoms with van der Waals surface area (Å²) in [5.74, 6) is 1.07. The zero-order chi connectivity index (χ0) is 16.2. The lowest BCUT2D eigenvalue weighted by atomic mass is 9.97. The minimum absolute atomic E-state index is 0.0323. The molecule has 6 heteroatoms. The van der Waals surface area contributed by atoms with Crippen molar-refractivity contribution in [3.05, 3.63) is 47.5 Å². The first-order valence-electron chi connectivity index (χ1n) is 7.76. The lowest BCUT2D eigenvalue weighted by Gasteiger charge is -2.33. The van der Waals surface area contributed by atoms with E-state index in [1.54, 1.807) is 31.5 Å². The Labute approximate surface area is 140 Å². The van der Waals surface area contributed by atoms with Gasteiger partial charge in [0.1, 0.15) is 5.75 Å². The molecule has 1 aromatic heterocycles. The van der Waals surface area contributed by atoms with Gasteiger partial charge in [-0.3, -0.25) is 4.79 Å². The van der Waals surface area contributed by atoms with Crippen molar-refractivity contribution in [1.82, 2.24) is 14.5 Å². The first-order chi connectivity index (χ1) is 11.2. The fourth-order valence-electron chi connectivity index (χ4n) is 3.07. The molecule has 23 heavy (non-hydrogen) atoms. The summed E-state index contributed by atoms with van der Waals surface area (Å²) in [5.41, 5.74) is 0.610. The Balaban J connectivity index is 1.68. The molecule has 122 valence electrons. The molecule has 0 radical (unpaired) electrons. The molecule has 0 aliphatic carbocycles. The van der Waals surface area contributed by atoms with Crippen LogP contribution >= 0.6 is 11.6 Å². The van der Waals surface area contributed by atoms with E-state index in [9.17, 15) is 4.79 Å². The second-order valence-electron chi connectivity index (χ2n) is 5.87. The molecule has 1 aliphatic rings. The number of methoxy groups -OCH3 is 1. The van der Waals surface area contributed by atoms with Crippen molar-refractivity contribution < 1.29 is 9.53 Å². The Morgan fingerprint density at radius 1 is 1.48 bits per heavy atom. The molecule has 0 spiro atoms. The van der Waals surface area contributed by atoms with Crippen LogP contribution in [0.1, 0.15) is 23.2 Å². The highest BCUT2D eigenvalue weighted by Crippen LogP contribution is 2.27. The summed E-state index contributed by atoms with van der Waals surface area (Å²) in [6.45, 7) is 2.46. The summed E-state index contributed by atoms with van der Waals surface area (Å²) in [6.07, 6.45) is 7.72. The van der Waals surface area contributed by atoms with Crippen LogP contribution in [0.15, 0.2) is 36.9 Å². The van der Waals surface area contributed by atoms with Crippen LogP contribution in [0.3, 0.4) is 0 Å². The van der Waals surface area contributed by atoms with E-state index in [-0.39, 0.29) is 5.91 Å². The Morgan fingerprint density at radius 3 is 3.04 bits per heavy atom. The highest BCUT2D eigenvalue weighted by atomic mass is 35.5. The van der Waals surface area contributed by atoms with Crippen molar-refractivity contribution in [1.29, 1.82) is 0 Å². The third-order valence-corrected chi connectivity index (χ3v) is 4.53. The van der Waals surface area contributed by atoms with Gasteiger partial charge in [0.15, 0.2) is 0 Å². The maximum absolute atomic E-state index is 12.7. The van der Waals surface area contributed by atoms with Gasteiger partial charge in [0.05, 0.1) is 18.5 Å². The van der Waals surface area contributed by atoms with Gasteiger partial charge in [-0.15, -0.1) is 0 Å². The van der Waals surface area contributed by atoms with E-state index in [2.05, 4.69) is 9.55 Å². The Bertz CT molecular complexity index is 672. The standard InChI is InChI=1S/C17H20ClN3O2/c1-23-16-5-4-14(9-15(16)18)17(22)21-7-2-3-13(11-21)10-20-8-6-19-12-20/h4-6,8-9,12-13H,2-3,7,10-11H2,1H3/t13-/m1/s1. The lowest BCUT2D eigenvalue weighted by Crippen LogP contribution is -2.41. The summed E-state index contributed by atoms with van der Waals surface area (Å²) in [6, 6.07) is 5.19. The Hall–Kier alpha value is -2.01. The van der Waals surface area contributed by atoms with Crippen LogP contribution in [0.5, 0.6) is 5.75 Å². The quantitative estimate of drug-likeness (QED) is 0.863. The van der Waals surface area contributed by atoms with Gasteiger partial charge in [0, 0.05) is 37.6 Å². The first kappa shape index (κ1) is 15.9. The molecule has 2 heterocycles. The average molecular weight is 334 g/mol. The predicted octanol–water partition coefficient (Wildman–Crippen LogP) is 3.10. The van der Waals surface area contributed by atoms with E-state index in [1.807, 2.05) is 17.4 Å². The normalized spacial score (nSPS) is 18.0. The molecular weight excluding hydrogens is 314 g/mol. The van der Waals surface area contributed by atoms with Crippen molar-refractivity contribution in [3.63, 3.8) is 0 Å². The van der Waals surface area contributed by atoms with Gasteiger partial charge in [-0.1, -0.05) is 11.6 Å². The molecule has 0 saturated carbocycles. The monoisotopic (exact) mass is 333 g/mol. The van der Waals surface area contributed by atoms with Gasteiger partial charge < -0.3 is 14.2 Å². The van der Waals surface area contributed by atoms with E-state index in [0.717, 1.165) is 32.5 Å². The number of hydrogen-bond acceptors (Lipinski definition) is 3. The molecule has 1 atom stereocenters. The fraction of sp³-hybridized carbons (Fsp3) is 0.412. The highest BCUT2D eigenvalue weighted by molar-refractivity contribution is 6.32. The number of carbonyl (C=O) groups is 1. The summed E-state index contributed by atoms with van der Waals surface area (Å²) in [4.78, 5) is 18.7. The fourth-order valence-corrected chi connectivity index (χ4v) is 3.33. The molecule has 2 aromatic rings. The number of halogens is 1. The molecule has 1 aromatic carbocycles. The van der Waals surface area contributed by atoms with Crippen LogP contribution in [-0.2, 0) is 6.54 Å². The number of nitrogens with zero attached hydrogens (tertiary/aromatic N) is 3. The minimum atomic E-state index is 0.0323. The number of carbonyl (C=O) groups excluding carboxylic acids is 1. The van der Waals surface area contributed by atoms with Crippen molar-refractivity contribution in [2.45, 2.75) is 19.4 Å². The second kappa shape index (κ2) is 7.04. The molecule has 1 fully saturated rings. The number of hydrogen-bond donors (Lipinski definition) is 0.